The number of benzene rings is 2. The van der Waals surface area contributed by atoms with Crippen molar-refractivity contribution < 1.29 is 14.1 Å². The van der Waals surface area contributed by atoms with E-state index in [1.807, 2.05) is 0 Å². The summed E-state index contributed by atoms with van der Waals surface area (Å²) in [5, 5.41) is 15.5. The topological polar surface area (TPSA) is 93.4 Å². The molecule has 2 heterocycles. The molecule has 1 saturated carbocycles. The lowest BCUT2D eigenvalue weighted by atomic mass is 9.57. The van der Waals surface area contributed by atoms with Gasteiger partial charge in [0.2, 0.25) is 0 Å². The summed E-state index contributed by atoms with van der Waals surface area (Å²) in [7, 11) is 2.18. The first-order valence-electron chi connectivity index (χ1n) is 12.2. The number of halogens is 2. The molecule has 36 heavy (non-hydrogen) atoms. The number of anilines is 2. The minimum absolute atomic E-state index is 0.118. The molecule has 0 amide bonds. The molecule has 1 N–H and O–H groups in total. The number of piperidine rings is 1. The van der Waals surface area contributed by atoms with Crippen LogP contribution in [0.5, 0.6) is 5.75 Å². The Kier molecular flexibility index (Phi) is 7.25. The molecule has 2 fully saturated rings. The van der Waals surface area contributed by atoms with Crippen molar-refractivity contribution in [1.29, 1.82) is 0 Å². The van der Waals surface area contributed by atoms with E-state index in [4.69, 9.17) is 4.74 Å². The molecule has 1 aliphatic carbocycles. The van der Waals surface area contributed by atoms with Crippen LogP contribution >= 0.6 is 22.6 Å². The fraction of sp³-hybridized carbons (Fsp3) is 0.462. The Balaban J connectivity index is 1.29. The normalized spacial score (nSPS) is 17.8. The van der Waals surface area contributed by atoms with Crippen LogP contribution in [0.3, 0.4) is 0 Å². The maximum atomic E-state index is 13.9. The lowest BCUT2D eigenvalue weighted by molar-refractivity contribution is -0.385. The van der Waals surface area contributed by atoms with Crippen molar-refractivity contribution in [1.82, 2.24) is 14.9 Å². The van der Waals surface area contributed by atoms with Crippen LogP contribution in [0.4, 0.5) is 21.6 Å². The molecule has 0 atom stereocenters. The third-order valence-corrected chi connectivity index (χ3v) is 8.46. The molecular formula is C26H29FIN5O3. The van der Waals surface area contributed by atoms with E-state index in [2.05, 4.69) is 49.8 Å². The van der Waals surface area contributed by atoms with Gasteiger partial charge in [0.15, 0.2) is 5.75 Å². The van der Waals surface area contributed by atoms with Crippen molar-refractivity contribution in [3.63, 3.8) is 0 Å². The number of alkyl halides is 1. The van der Waals surface area contributed by atoms with Gasteiger partial charge in [0.25, 0.3) is 0 Å². The van der Waals surface area contributed by atoms with E-state index in [1.54, 1.807) is 18.2 Å². The first-order chi connectivity index (χ1) is 17.4. The van der Waals surface area contributed by atoms with E-state index in [0.717, 1.165) is 6.42 Å². The Morgan fingerprint density at radius 1 is 1.25 bits per heavy atom. The summed E-state index contributed by atoms with van der Waals surface area (Å²) < 4.78 is 20.3. The average Bonchev–Trinajstić information content (AvgIpc) is 2.85. The summed E-state index contributed by atoms with van der Waals surface area (Å²) in [6.45, 7) is 2.79. The highest BCUT2D eigenvalue weighted by atomic mass is 127. The molecule has 190 valence electrons. The van der Waals surface area contributed by atoms with Gasteiger partial charge in [0.1, 0.15) is 18.0 Å². The van der Waals surface area contributed by atoms with Crippen LogP contribution in [0.2, 0.25) is 0 Å². The van der Waals surface area contributed by atoms with Crippen LogP contribution < -0.4 is 10.1 Å². The van der Waals surface area contributed by atoms with Gasteiger partial charge in [-0.25, -0.2) is 14.4 Å². The number of nitrogens with zero attached hydrogens (tertiary/aromatic N) is 4. The van der Waals surface area contributed by atoms with E-state index < -0.39 is 4.92 Å². The molecule has 8 nitrogen and oxygen atoms in total. The fourth-order valence-electron chi connectivity index (χ4n) is 5.53. The molecule has 0 radical (unpaired) electrons. The second kappa shape index (κ2) is 10.4. The molecule has 1 aliphatic heterocycles. The molecule has 1 saturated heterocycles. The van der Waals surface area contributed by atoms with Crippen LogP contribution in [0.15, 0.2) is 36.7 Å². The van der Waals surface area contributed by atoms with E-state index in [9.17, 15) is 14.5 Å². The molecule has 1 aromatic heterocycles. The number of ether oxygens (including phenoxy) is 1. The quantitative estimate of drug-likeness (QED) is 0.141. The smallest absolute Gasteiger partial charge is 0.311 e. The second-order valence-corrected chi connectivity index (χ2v) is 10.9. The highest BCUT2D eigenvalue weighted by Crippen LogP contribution is 2.53. The number of fused-ring (bicyclic) bond motifs is 1. The minimum atomic E-state index is -0.436. The zero-order chi connectivity index (χ0) is 25.3. The molecule has 0 unspecified atom stereocenters. The number of likely N-dealkylation sites (tertiary alicyclic amines) is 1. The maximum Gasteiger partial charge on any atom is 0.311 e. The average molecular weight is 605 g/mol. The summed E-state index contributed by atoms with van der Waals surface area (Å²) in [4.78, 5) is 22.4. The first-order valence-corrected chi connectivity index (χ1v) is 13.7. The van der Waals surface area contributed by atoms with E-state index in [1.165, 1.54) is 57.2 Å². The van der Waals surface area contributed by atoms with Gasteiger partial charge in [-0.05, 0) is 87.3 Å². The van der Waals surface area contributed by atoms with Crippen molar-refractivity contribution in [3.05, 3.63) is 58.2 Å². The van der Waals surface area contributed by atoms with Gasteiger partial charge in [-0.3, -0.25) is 10.1 Å². The number of rotatable bonds is 8. The largest absolute Gasteiger partial charge is 0.487 e. The van der Waals surface area contributed by atoms with E-state index >= 15 is 0 Å². The van der Waals surface area contributed by atoms with Gasteiger partial charge >= 0.3 is 5.69 Å². The highest BCUT2D eigenvalue weighted by Gasteiger charge is 2.44. The second-order valence-electron chi connectivity index (χ2n) is 10.1. The molecule has 5 rings (SSSR count). The molecule has 3 aromatic rings. The van der Waals surface area contributed by atoms with Crippen LogP contribution in [0.1, 0.15) is 37.7 Å². The lowest BCUT2D eigenvalue weighted by Crippen LogP contribution is -2.46. The predicted molar refractivity (Wildman–Crippen MR) is 146 cm³/mol. The maximum absolute atomic E-state index is 13.9. The zero-order valence-electron chi connectivity index (χ0n) is 20.2. The van der Waals surface area contributed by atoms with Crippen LogP contribution in [0, 0.1) is 27.3 Å². The standard InChI is InChI=1S/C26H29FIN5O3/c1-32-7-5-26(6-8-32)13-17(14-26)4-9-36-24-12-22-20(11-23(24)33(34)35)25(30-16-29-22)31-19-2-3-21(27)18(10-19)15-28/h2-3,10-12,16-17H,4-9,13-15H2,1H3,(H,29,30,31). The molecular weight excluding hydrogens is 576 g/mol. The molecule has 10 heteroatoms. The summed E-state index contributed by atoms with van der Waals surface area (Å²) in [6, 6.07) is 7.77. The number of nitrogens with one attached hydrogen (secondary N) is 1. The summed E-state index contributed by atoms with van der Waals surface area (Å²) in [5.74, 6) is 0.982. The number of nitro groups is 1. The Morgan fingerprint density at radius 3 is 2.75 bits per heavy atom. The van der Waals surface area contributed by atoms with Crippen molar-refractivity contribution in [2.75, 3.05) is 32.1 Å². The van der Waals surface area contributed by atoms with Gasteiger partial charge < -0.3 is 15.0 Å². The monoisotopic (exact) mass is 605 g/mol. The third kappa shape index (κ3) is 5.24. The Labute approximate surface area is 222 Å². The number of nitro benzene ring substituents is 1. The zero-order valence-corrected chi connectivity index (χ0v) is 22.3. The van der Waals surface area contributed by atoms with Crippen LogP contribution in [-0.4, -0.2) is 46.5 Å². The minimum Gasteiger partial charge on any atom is -0.487 e. The molecule has 2 aromatic carbocycles. The van der Waals surface area contributed by atoms with Crippen molar-refractivity contribution in [2.45, 2.75) is 36.5 Å². The summed E-state index contributed by atoms with van der Waals surface area (Å²) in [6.07, 6.45) is 7.30. The van der Waals surface area contributed by atoms with Gasteiger partial charge in [-0.1, -0.05) is 22.6 Å². The van der Waals surface area contributed by atoms with Crippen molar-refractivity contribution in [3.8, 4) is 5.75 Å². The Morgan fingerprint density at radius 2 is 2.03 bits per heavy atom. The van der Waals surface area contributed by atoms with Crippen LogP contribution in [-0.2, 0) is 4.43 Å². The summed E-state index contributed by atoms with van der Waals surface area (Å²) in [5.41, 5.74) is 2.14. The van der Waals surface area contributed by atoms with Gasteiger partial charge in [-0.2, -0.15) is 0 Å². The Bertz CT molecular complexity index is 1270. The molecule has 2 aliphatic rings. The number of aromatic nitrogens is 2. The number of hydrogen-bond acceptors (Lipinski definition) is 7. The van der Waals surface area contributed by atoms with Crippen molar-refractivity contribution in [2.24, 2.45) is 11.3 Å². The van der Waals surface area contributed by atoms with Crippen molar-refractivity contribution >= 4 is 50.7 Å². The van der Waals surface area contributed by atoms with Crippen LogP contribution in [0.25, 0.3) is 10.9 Å². The molecule has 1 spiro atoms. The SMILES string of the molecule is CN1CCC2(CC1)CC(CCOc1cc3ncnc(Nc4ccc(F)c(CI)c4)c3cc1[N+](=O)[O-])C2. The molecule has 0 bridgehead atoms. The predicted octanol–water partition coefficient (Wildman–Crippen LogP) is 6.25. The van der Waals surface area contributed by atoms with E-state index in [-0.39, 0.29) is 17.3 Å². The van der Waals surface area contributed by atoms with Gasteiger partial charge in [0.05, 0.1) is 22.4 Å². The number of hydrogen-bond donors (Lipinski definition) is 1. The lowest BCUT2D eigenvalue weighted by Gasteiger charge is -2.52. The fourth-order valence-corrected chi connectivity index (χ4v) is 6.11. The van der Waals surface area contributed by atoms with Gasteiger partial charge in [-0.15, -0.1) is 0 Å². The highest BCUT2D eigenvalue weighted by molar-refractivity contribution is 14.1. The van der Waals surface area contributed by atoms with Gasteiger partial charge in [0, 0.05) is 22.2 Å². The van der Waals surface area contributed by atoms with E-state index in [0.29, 0.717) is 50.3 Å². The first kappa shape index (κ1) is 25.1. The Hall–Kier alpha value is -2.60. The third-order valence-electron chi connectivity index (χ3n) is 7.64. The summed E-state index contributed by atoms with van der Waals surface area (Å²) >= 11 is 2.10.